The molecular weight excluding hydrogens is 260 g/mol. The van der Waals surface area contributed by atoms with Crippen LogP contribution < -0.4 is 10.6 Å². The largest absolute Gasteiger partial charge is 0.481 e. The standard InChI is InChI=1S/C13H20N4O3/c1-17-8-5-10(16-17)14-12(20)15-13(9-11(18)19)6-3-2-4-7-13/h5,8H,2-4,6-7,9H2,1H3,(H,18,19)(H2,14,15,16,20). The molecule has 0 spiro atoms. The average molecular weight is 280 g/mol. The van der Waals surface area contributed by atoms with Crippen molar-refractivity contribution in [2.45, 2.75) is 44.1 Å². The summed E-state index contributed by atoms with van der Waals surface area (Å²) >= 11 is 0. The number of nitrogens with one attached hydrogen (secondary N) is 2. The Morgan fingerprint density at radius 3 is 2.65 bits per heavy atom. The predicted molar refractivity (Wildman–Crippen MR) is 73.4 cm³/mol. The lowest BCUT2D eigenvalue weighted by Crippen LogP contribution is -2.52. The fourth-order valence-electron chi connectivity index (χ4n) is 2.73. The monoisotopic (exact) mass is 280 g/mol. The molecule has 1 aromatic rings. The zero-order valence-corrected chi connectivity index (χ0v) is 11.6. The van der Waals surface area contributed by atoms with Gasteiger partial charge in [0.1, 0.15) is 0 Å². The molecule has 0 saturated heterocycles. The van der Waals surface area contributed by atoms with Gasteiger partial charge in [-0.1, -0.05) is 19.3 Å². The highest BCUT2D eigenvalue weighted by molar-refractivity contribution is 5.89. The van der Waals surface area contributed by atoms with Crippen LogP contribution in [0.15, 0.2) is 12.3 Å². The quantitative estimate of drug-likeness (QED) is 0.782. The minimum atomic E-state index is -0.884. The molecule has 1 fully saturated rings. The molecule has 0 atom stereocenters. The number of anilines is 1. The van der Waals surface area contributed by atoms with Crippen LogP contribution in [0.5, 0.6) is 0 Å². The molecule has 20 heavy (non-hydrogen) atoms. The van der Waals surface area contributed by atoms with Gasteiger partial charge in [-0.3, -0.25) is 14.8 Å². The van der Waals surface area contributed by atoms with E-state index in [0.29, 0.717) is 18.7 Å². The second-order valence-electron chi connectivity index (χ2n) is 5.37. The highest BCUT2D eigenvalue weighted by Crippen LogP contribution is 2.31. The van der Waals surface area contributed by atoms with Crippen molar-refractivity contribution in [2.24, 2.45) is 7.05 Å². The van der Waals surface area contributed by atoms with Gasteiger partial charge in [-0.15, -0.1) is 0 Å². The number of hydrogen-bond acceptors (Lipinski definition) is 3. The Labute approximate surface area is 117 Å². The van der Waals surface area contributed by atoms with Crippen LogP contribution in [-0.4, -0.2) is 32.4 Å². The number of aromatic nitrogens is 2. The topological polar surface area (TPSA) is 96.2 Å². The summed E-state index contributed by atoms with van der Waals surface area (Å²) in [5, 5.41) is 18.6. The Balaban J connectivity index is 1.99. The third kappa shape index (κ3) is 3.72. The lowest BCUT2D eigenvalue weighted by Gasteiger charge is -2.36. The lowest BCUT2D eigenvalue weighted by atomic mass is 9.79. The van der Waals surface area contributed by atoms with Gasteiger partial charge < -0.3 is 10.4 Å². The number of aliphatic carboxylic acids is 1. The number of carboxylic acid groups (broad SMARTS) is 1. The molecule has 1 saturated carbocycles. The number of rotatable bonds is 4. The molecule has 1 heterocycles. The molecule has 7 nitrogen and oxygen atoms in total. The minimum absolute atomic E-state index is 0.0390. The molecule has 1 aliphatic carbocycles. The highest BCUT2D eigenvalue weighted by atomic mass is 16.4. The maximum absolute atomic E-state index is 12.0. The molecule has 2 amide bonds. The van der Waals surface area contributed by atoms with Crippen molar-refractivity contribution in [3.8, 4) is 0 Å². The molecule has 110 valence electrons. The van der Waals surface area contributed by atoms with E-state index in [0.717, 1.165) is 19.3 Å². The van der Waals surface area contributed by atoms with Gasteiger partial charge in [0.25, 0.3) is 0 Å². The van der Waals surface area contributed by atoms with Crippen LogP contribution in [0.25, 0.3) is 0 Å². The smallest absolute Gasteiger partial charge is 0.320 e. The summed E-state index contributed by atoms with van der Waals surface area (Å²) in [5.41, 5.74) is -0.636. The number of aryl methyl sites for hydroxylation is 1. The molecule has 7 heteroatoms. The molecule has 1 aromatic heterocycles. The third-order valence-corrected chi connectivity index (χ3v) is 3.63. The number of amides is 2. The summed E-state index contributed by atoms with van der Waals surface area (Å²) < 4.78 is 1.59. The summed E-state index contributed by atoms with van der Waals surface area (Å²) in [4.78, 5) is 23.0. The zero-order chi connectivity index (χ0) is 14.6. The average Bonchev–Trinajstić information content (AvgIpc) is 2.74. The van der Waals surface area contributed by atoms with E-state index in [1.165, 1.54) is 0 Å². The summed E-state index contributed by atoms with van der Waals surface area (Å²) in [5.74, 6) is -0.434. The zero-order valence-electron chi connectivity index (χ0n) is 11.6. The molecule has 3 N–H and O–H groups in total. The predicted octanol–water partition coefficient (Wildman–Crippen LogP) is 1.72. The van der Waals surface area contributed by atoms with Crippen molar-refractivity contribution in [1.29, 1.82) is 0 Å². The van der Waals surface area contributed by atoms with E-state index < -0.39 is 17.5 Å². The van der Waals surface area contributed by atoms with E-state index in [2.05, 4.69) is 15.7 Å². The van der Waals surface area contributed by atoms with Crippen LogP contribution in [0, 0.1) is 0 Å². The van der Waals surface area contributed by atoms with Crippen LogP contribution in [0.2, 0.25) is 0 Å². The van der Waals surface area contributed by atoms with Crippen molar-refractivity contribution >= 4 is 17.8 Å². The van der Waals surface area contributed by atoms with Crippen LogP contribution in [0.3, 0.4) is 0 Å². The van der Waals surface area contributed by atoms with E-state index in [9.17, 15) is 9.59 Å². The fraction of sp³-hybridized carbons (Fsp3) is 0.615. The Bertz CT molecular complexity index is 492. The molecule has 0 unspecified atom stereocenters. The number of hydrogen-bond donors (Lipinski definition) is 3. The molecule has 0 radical (unpaired) electrons. The van der Waals surface area contributed by atoms with E-state index in [4.69, 9.17) is 5.11 Å². The number of carbonyl (C=O) groups excluding carboxylic acids is 1. The highest BCUT2D eigenvalue weighted by Gasteiger charge is 2.35. The number of carbonyl (C=O) groups is 2. The van der Waals surface area contributed by atoms with Gasteiger partial charge in [-0.2, -0.15) is 5.10 Å². The lowest BCUT2D eigenvalue weighted by molar-refractivity contribution is -0.138. The molecule has 2 rings (SSSR count). The molecular formula is C13H20N4O3. The van der Waals surface area contributed by atoms with Gasteiger partial charge in [0.2, 0.25) is 0 Å². The Hall–Kier alpha value is -2.05. The van der Waals surface area contributed by atoms with Crippen LogP contribution in [0.1, 0.15) is 38.5 Å². The van der Waals surface area contributed by atoms with Gasteiger partial charge in [0.05, 0.1) is 12.0 Å². The summed E-state index contributed by atoms with van der Waals surface area (Å²) in [6.07, 6.45) is 6.06. The van der Waals surface area contributed by atoms with Crippen molar-refractivity contribution in [3.63, 3.8) is 0 Å². The van der Waals surface area contributed by atoms with Crippen molar-refractivity contribution in [2.75, 3.05) is 5.32 Å². The van der Waals surface area contributed by atoms with E-state index >= 15 is 0 Å². The maximum Gasteiger partial charge on any atom is 0.320 e. The van der Waals surface area contributed by atoms with Crippen LogP contribution in [0.4, 0.5) is 10.6 Å². The molecule has 0 aliphatic heterocycles. The first-order valence-corrected chi connectivity index (χ1v) is 6.80. The molecule has 1 aliphatic rings. The van der Waals surface area contributed by atoms with Crippen molar-refractivity contribution in [3.05, 3.63) is 12.3 Å². The first-order valence-electron chi connectivity index (χ1n) is 6.80. The van der Waals surface area contributed by atoms with Crippen molar-refractivity contribution < 1.29 is 14.7 Å². The van der Waals surface area contributed by atoms with Crippen LogP contribution >= 0.6 is 0 Å². The molecule has 0 bridgehead atoms. The van der Waals surface area contributed by atoms with E-state index in [1.807, 2.05) is 0 Å². The summed E-state index contributed by atoms with van der Waals surface area (Å²) in [6, 6.07) is 1.29. The minimum Gasteiger partial charge on any atom is -0.481 e. The Kier molecular flexibility index (Phi) is 4.26. The van der Waals surface area contributed by atoms with Crippen molar-refractivity contribution in [1.82, 2.24) is 15.1 Å². The second-order valence-corrected chi connectivity index (χ2v) is 5.37. The van der Waals surface area contributed by atoms with Crippen LogP contribution in [-0.2, 0) is 11.8 Å². The maximum atomic E-state index is 12.0. The SMILES string of the molecule is Cn1ccc(NC(=O)NC2(CC(=O)O)CCCCC2)n1. The van der Waals surface area contributed by atoms with E-state index in [1.54, 1.807) is 24.0 Å². The number of nitrogens with zero attached hydrogens (tertiary/aromatic N) is 2. The van der Waals surface area contributed by atoms with Gasteiger partial charge in [0.15, 0.2) is 5.82 Å². The Morgan fingerprint density at radius 1 is 1.40 bits per heavy atom. The van der Waals surface area contributed by atoms with Gasteiger partial charge in [-0.05, 0) is 12.8 Å². The first kappa shape index (κ1) is 14.4. The fourth-order valence-corrected chi connectivity index (χ4v) is 2.73. The molecule has 0 aromatic carbocycles. The summed E-state index contributed by atoms with van der Waals surface area (Å²) in [7, 11) is 1.76. The number of carboxylic acids is 1. The number of urea groups is 1. The van der Waals surface area contributed by atoms with E-state index in [-0.39, 0.29) is 6.42 Å². The summed E-state index contributed by atoms with van der Waals surface area (Å²) in [6.45, 7) is 0. The third-order valence-electron chi connectivity index (χ3n) is 3.63. The van der Waals surface area contributed by atoms with Gasteiger partial charge in [0, 0.05) is 19.3 Å². The normalized spacial score (nSPS) is 17.4. The second kappa shape index (κ2) is 5.94. The Morgan fingerprint density at radius 2 is 2.10 bits per heavy atom. The van der Waals surface area contributed by atoms with Gasteiger partial charge in [-0.25, -0.2) is 4.79 Å². The first-order chi connectivity index (χ1) is 9.49. The van der Waals surface area contributed by atoms with Gasteiger partial charge >= 0.3 is 12.0 Å².